The quantitative estimate of drug-likeness (QED) is 0.586. The molecule has 2 N–H and O–H groups in total. The van der Waals surface area contributed by atoms with E-state index in [9.17, 15) is 10.2 Å². The van der Waals surface area contributed by atoms with Crippen LogP contribution in [0.1, 0.15) is 23.8 Å². The maximum Gasteiger partial charge on any atom is 0.107 e. The second kappa shape index (κ2) is 2.84. The first-order valence-corrected chi connectivity index (χ1v) is 4.09. The van der Waals surface area contributed by atoms with E-state index in [1.54, 1.807) is 12.3 Å². The number of aliphatic hydroxyl groups excluding tert-OH is 2. The van der Waals surface area contributed by atoms with Gasteiger partial charge in [0.1, 0.15) is 6.10 Å². The molecular weight excluding hydrogens is 154 g/mol. The molecule has 0 radical (unpaired) electrons. The fourth-order valence-corrected chi connectivity index (χ4v) is 1.58. The largest absolute Gasteiger partial charge is 0.390 e. The normalized spacial score (nSPS) is 28.2. The molecule has 0 fully saturated rings. The van der Waals surface area contributed by atoms with Crippen LogP contribution in [0.15, 0.2) is 18.3 Å². The van der Waals surface area contributed by atoms with Gasteiger partial charge in [0.25, 0.3) is 0 Å². The third kappa shape index (κ3) is 1.11. The van der Waals surface area contributed by atoms with Gasteiger partial charge in [-0.1, -0.05) is 6.07 Å². The monoisotopic (exact) mass is 165 g/mol. The minimum atomic E-state index is -0.748. The predicted octanol–water partition coefficient (Wildman–Crippen LogP) is 0.422. The Hall–Kier alpha value is -0.930. The van der Waals surface area contributed by atoms with Gasteiger partial charge in [-0.25, -0.2) is 0 Å². The first-order valence-electron chi connectivity index (χ1n) is 4.09. The van der Waals surface area contributed by atoms with E-state index >= 15 is 0 Å². The Kier molecular flexibility index (Phi) is 1.83. The molecular formula is C9H11NO2. The van der Waals surface area contributed by atoms with Gasteiger partial charge < -0.3 is 10.2 Å². The molecule has 0 amide bonds. The molecule has 0 saturated heterocycles. The molecule has 0 unspecified atom stereocenters. The van der Waals surface area contributed by atoms with Crippen LogP contribution in [0.2, 0.25) is 0 Å². The van der Waals surface area contributed by atoms with E-state index in [1.807, 2.05) is 6.07 Å². The summed E-state index contributed by atoms with van der Waals surface area (Å²) in [6.07, 6.45) is 1.70. The lowest BCUT2D eigenvalue weighted by molar-refractivity contribution is 0.00578. The Labute approximate surface area is 70.7 Å². The van der Waals surface area contributed by atoms with Gasteiger partial charge in [0.2, 0.25) is 0 Å². The highest BCUT2D eigenvalue weighted by atomic mass is 16.3. The van der Waals surface area contributed by atoms with Crippen molar-refractivity contribution in [2.75, 3.05) is 0 Å². The van der Waals surface area contributed by atoms with Gasteiger partial charge in [-0.2, -0.15) is 0 Å². The molecule has 3 nitrogen and oxygen atoms in total. The number of pyridine rings is 1. The van der Waals surface area contributed by atoms with E-state index < -0.39 is 12.2 Å². The number of rotatable bonds is 0. The lowest BCUT2D eigenvalue weighted by Crippen LogP contribution is -2.25. The second-order valence-electron chi connectivity index (χ2n) is 3.09. The van der Waals surface area contributed by atoms with Crippen LogP contribution in [-0.2, 0) is 6.42 Å². The fraction of sp³-hybridized carbons (Fsp3) is 0.444. The Morgan fingerprint density at radius 1 is 1.42 bits per heavy atom. The lowest BCUT2D eigenvalue weighted by atomic mass is 9.91. The van der Waals surface area contributed by atoms with Crippen LogP contribution < -0.4 is 0 Å². The van der Waals surface area contributed by atoms with E-state index in [-0.39, 0.29) is 0 Å². The van der Waals surface area contributed by atoms with Crippen LogP contribution in [0.4, 0.5) is 0 Å². The van der Waals surface area contributed by atoms with Gasteiger partial charge in [-0.05, 0) is 18.9 Å². The van der Waals surface area contributed by atoms with Crippen LogP contribution in [0, 0.1) is 0 Å². The number of aliphatic hydroxyl groups is 2. The van der Waals surface area contributed by atoms with Crippen LogP contribution in [0.5, 0.6) is 0 Å². The van der Waals surface area contributed by atoms with Crippen LogP contribution in [-0.4, -0.2) is 21.3 Å². The molecule has 0 bridgehead atoms. The molecule has 2 rings (SSSR count). The number of aromatic nitrogens is 1. The molecule has 0 spiro atoms. The fourth-order valence-electron chi connectivity index (χ4n) is 1.58. The molecule has 2 atom stereocenters. The molecule has 1 aliphatic carbocycles. The van der Waals surface area contributed by atoms with Crippen molar-refractivity contribution in [2.45, 2.75) is 25.0 Å². The lowest BCUT2D eigenvalue weighted by Gasteiger charge is -2.24. The maximum absolute atomic E-state index is 9.54. The average Bonchev–Trinajstić information content (AvgIpc) is 2.12. The minimum absolute atomic E-state index is 0.602. The molecule has 1 heterocycles. The topological polar surface area (TPSA) is 53.4 Å². The Morgan fingerprint density at radius 2 is 2.25 bits per heavy atom. The van der Waals surface area contributed by atoms with E-state index in [1.165, 1.54) is 0 Å². The average molecular weight is 165 g/mol. The van der Waals surface area contributed by atoms with Gasteiger partial charge in [0, 0.05) is 17.5 Å². The Morgan fingerprint density at radius 3 is 3.08 bits per heavy atom. The molecule has 12 heavy (non-hydrogen) atoms. The highest BCUT2D eigenvalue weighted by Crippen LogP contribution is 2.27. The molecule has 1 aliphatic rings. The maximum atomic E-state index is 9.54. The summed E-state index contributed by atoms with van der Waals surface area (Å²) in [6, 6.07) is 3.59. The van der Waals surface area contributed by atoms with Crippen molar-refractivity contribution >= 4 is 0 Å². The molecule has 0 aliphatic heterocycles. The summed E-state index contributed by atoms with van der Waals surface area (Å²) in [4.78, 5) is 4.13. The SMILES string of the molecule is O[C@H]1CCc2ncccc2[C@@H]1O. The zero-order chi connectivity index (χ0) is 8.55. The summed E-state index contributed by atoms with van der Waals surface area (Å²) >= 11 is 0. The summed E-state index contributed by atoms with van der Waals surface area (Å²) in [5, 5.41) is 18.9. The summed E-state index contributed by atoms with van der Waals surface area (Å²) in [7, 11) is 0. The third-order valence-electron chi connectivity index (χ3n) is 2.29. The summed E-state index contributed by atoms with van der Waals surface area (Å²) in [5.41, 5.74) is 1.69. The van der Waals surface area contributed by atoms with Crippen molar-refractivity contribution in [2.24, 2.45) is 0 Å². The first-order chi connectivity index (χ1) is 5.79. The number of hydrogen-bond donors (Lipinski definition) is 2. The molecule has 0 aromatic carbocycles. The molecule has 1 aromatic rings. The third-order valence-corrected chi connectivity index (χ3v) is 2.29. The van der Waals surface area contributed by atoms with Crippen molar-refractivity contribution in [3.8, 4) is 0 Å². The van der Waals surface area contributed by atoms with E-state index in [4.69, 9.17) is 0 Å². The zero-order valence-electron chi connectivity index (χ0n) is 6.64. The standard InChI is InChI=1S/C9H11NO2/c11-8-4-3-7-6(9(8)12)2-1-5-10-7/h1-2,5,8-9,11-12H,3-4H2/t8-,9-/m0/s1. The van der Waals surface area contributed by atoms with Gasteiger partial charge in [-0.3, -0.25) is 4.98 Å². The predicted molar refractivity (Wildman–Crippen MR) is 43.5 cm³/mol. The number of fused-ring (bicyclic) bond motifs is 1. The Bertz CT molecular complexity index is 288. The van der Waals surface area contributed by atoms with Crippen molar-refractivity contribution in [1.29, 1.82) is 0 Å². The van der Waals surface area contributed by atoms with E-state index in [0.29, 0.717) is 6.42 Å². The van der Waals surface area contributed by atoms with Gasteiger partial charge >= 0.3 is 0 Å². The van der Waals surface area contributed by atoms with E-state index in [0.717, 1.165) is 17.7 Å². The Balaban J connectivity index is 2.42. The summed E-state index contributed by atoms with van der Waals surface area (Å²) < 4.78 is 0. The van der Waals surface area contributed by atoms with Gasteiger partial charge in [0.05, 0.1) is 6.10 Å². The molecule has 0 saturated carbocycles. The van der Waals surface area contributed by atoms with Gasteiger partial charge in [0.15, 0.2) is 0 Å². The summed E-state index contributed by atoms with van der Waals surface area (Å²) in [5.74, 6) is 0. The molecule has 1 aromatic heterocycles. The number of hydrogen-bond acceptors (Lipinski definition) is 3. The van der Waals surface area contributed by atoms with Crippen molar-refractivity contribution in [1.82, 2.24) is 4.98 Å². The smallest absolute Gasteiger partial charge is 0.107 e. The highest BCUT2D eigenvalue weighted by molar-refractivity contribution is 5.25. The van der Waals surface area contributed by atoms with E-state index in [2.05, 4.69) is 4.98 Å². The van der Waals surface area contributed by atoms with Crippen molar-refractivity contribution in [3.05, 3.63) is 29.6 Å². The first kappa shape index (κ1) is 7.71. The molecule has 64 valence electrons. The second-order valence-corrected chi connectivity index (χ2v) is 3.09. The highest BCUT2D eigenvalue weighted by Gasteiger charge is 2.26. The van der Waals surface area contributed by atoms with Crippen LogP contribution >= 0.6 is 0 Å². The van der Waals surface area contributed by atoms with Crippen molar-refractivity contribution < 1.29 is 10.2 Å². The van der Waals surface area contributed by atoms with Crippen LogP contribution in [0.3, 0.4) is 0 Å². The van der Waals surface area contributed by atoms with Gasteiger partial charge in [-0.15, -0.1) is 0 Å². The minimum Gasteiger partial charge on any atom is -0.390 e. The number of nitrogens with zero attached hydrogens (tertiary/aromatic N) is 1. The van der Waals surface area contributed by atoms with Crippen molar-refractivity contribution in [3.63, 3.8) is 0 Å². The number of aryl methyl sites for hydroxylation is 1. The summed E-state index contributed by atoms with van der Waals surface area (Å²) in [6.45, 7) is 0. The van der Waals surface area contributed by atoms with Crippen LogP contribution in [0.25, 0.3) is 0 Å². The molecule has 3 heteroatoms. The zero-order valence-corrected chi connectivity index (χ0v) is 6.64.